The molecular formula is C44H40N8O2+2. The molecule has 0 atom stereocenters. The van der Waals surface area contributed by atoms with Crippen molar-refractivity contribution in [1.29, 1.82) is 0 Å². The Morgan fingerprint density at radius 3 is 1.24 bits per heavy atom. The summed E-state index contributed by atoms with van der Waals surface area (Å²) in [4.78, 5) is 26.8. The number of nitrogen functional groups attached to an aromatic ring is 4. The van der Waals surface area contributed by atoms with E-state index in [0.717, 1.165) is 65.9 Å². The molecule has 0 saturated heterocycles. The summed E-state index contributed by atoms with van der Waals surface area (Å²) >= 11 is 0. The number of pyridine rings is 2. The normalized spacial score (nSPS) is 11.4. The van der Waals surface area contributed by atoms with E-state index >= 15 is 0 Å². The van der Waals surface area contributed by atoms with Crippen LogP contribution >= 0.6 is 0 Å². The van der Waals surface area contributed by atoms with E-state index in [4.69, 9.17) is 22.9 Å². The van der Waals surface area contributed by atoms with Crippen LogP contribution in [0.3, 0.4) is 0 Å². The third-order valence-electron chi connectivity index (χ3n) is 10.1. The first kappa shape index (κ1) is 33.9. The van der Waals surface area contributed by atoms with E-state index < -0.39 is 0 Å². The largest absolute Gasteiger partial charge is 0.399 e. The minimum absolute atomic E-state index is 0.238. The van der Waals surface area contributed by atoms with Crippen LogP contribution < -0.4 is 42.7 Å². The molecule has 10 heteroatoms. The van der Waals surface area contributed by atoms with Crippen molar-refractivity contribution in [3.05, 3.63) is 132 Å². The minimum atomic E-state index is -0.250. The standard InChI is InChI=1S/C44H38N8O2/c1-51-39-23-31(47)11-15-35(39)33-13-9-29(45)21-37(33)41(51)25-5-3-7-27(19-25)43(53)49-17-18-50-44(54)28-8-4-6-26(20-28)42-38-22-30(46)10-14-34(38)36-16-12-32(48)24-40(36)52(42)2/h3-16,19-24,47-48H,17-18,45-46H2,1-2H3,(H2,49,50,53,54)/p+2. The van der Waals surface area contributed by atoms with Crippen LogP contribution in [0.5, 0.6) is 0 Å². The van der Waals surface area contributed by atoms with Gasteiger partial charge in [-0.15, -0.1) is 0 Å². The van der Waals surface area contributed by atoms with Crippen molar-refractivity contribution in [3.8, 4) is 22.5 Å². The van der Waals surface area contributed by atoms with Crippen LogP contribution in [0.15, 0.2) is 121 Å². The number of hydrogen-bond acceptors (Lipinski definition) is 6. The van der Waals surface area contributed by atoms with E-state index in [-0.39, 0.29) is 24.9 Å². The molecule has 0 aliphatic rings. The molecule has 0 aliphatic heterocycles. The zero-order chi connectivity index (χ0) is 37.7. The van der Waals surface area contributed by atoms with Crippen LogP contribution in [0.25, 0.3) is 65.9 Å². The molecule has 10 N–H and O–H groups in total. The number of benzene rings is 6. The summed E-state index contributed by atoms with van der Waals surface area (Å²) < 4.78 is 4.17. The zero-order valence-electron chi connectivity index (χ0n) is 30.0. The van der Waals surface area contributed by atoms with Gasteiger partial charge in [0.2, 0.25) is 22.4 Å². The van der Waals surface area contributed by atoms with Gasteiger partial charge in [-0.05, 0) is 84.9 Å². The lowest BCUT2D eigenvalue weighted by atomic mass is 9.97. The first-order chi connectivity index (χ1) is 26.1. The summed E-state index contributed by atoms with van der Waals surface area (Å²) in [7, 11) is 3.97. The number of nitrogens with one attached hydrogen (secondary N) is 2. The first-order valence-corrected chi connectivity index (χ1v) is 17.7. The number of carbonyl (C=O) groups excluding carboxylic acids is 2. The van der Waals surface area contributed by atoms with Gasteiger partial charge in [0, 0.05) is 81.0 Å². The second-order valence-electron chi connectivity index (χ2n) is 13.7. The van der Waals surface area contributed by atoms with Gasteiger partial charge in [0.1, 0.15) is 14.1 Å². The molecule has 2 amide bonds. The lowest BCUT2D eigenvalue weighted by molar-refractivity contribution is -0.632. The van der Waals surface area contributed by atoms with Crippen molar-refractivity contribution >= 4 is 77.9 Å². The molecule has 10 nitrogen and oxygen atoms in total. The van der Waals surface area contributed by atoms with E-state index in [0.29, 0.717) is 33.9 Å². The molecule has 0 bridgehead atoms. The van der Waals surface area contributed by atoms with Crippen molar-refractivity contribution in [2.24, 2.45) is 14.1 Å². The molecular weight excluding hydrogens is 673 g/mol. The molecule has 0 spiro atoms. The van der Waals surface area contributed by atoms with Crippen molar-refractivity contribution < 1.29 is 18.7 Å². The zero-order valence-corrected chi connectivity index (χ0v) is 30.0. The summed E-state index contributed by atoms with van der Waals surface area (Å²) in [5.74, 6) is -0.500. The Hall–Kier alpha value is -7.20. The molecule has 0 saturated carbocycles. The van der Waals surface area contributed by atoms with Gasteiger partial charge in [-0.2, -0.15) is 9.13 Å². The quantitative estimate of drug-likeness (QED) is 0.0531. The summed E-state index contributed by atoms with van der Waals surface area (Å²) in [6, 6.07) is 38.4. The summed E-state index contributed by atoms with van der Waals surface area (Å²) in [5.41, 5.74) is 33.9. The van der Waals surface area contributed by atoms with Gasteiger partial charge in [-0.3, -0.25) is 9.59 Å². The molecule has 2 heterocycles. The van der Waals surface area contributed by atoms with Gasteiger partial charge >= 0.3 is 0 Å². The predicted octanol–water partition coefficient (Wildman–Crippen LogP) is 5.77. The van der Waals surface area contributed by atoms with Crippen LogP contribution in [0.2, 0.25) is 0 Å². The predicted molar refractivity (Wildman–Crippen MR) is 218 cm³/mol. The van der Waals surface area contributed by atoms with E-state index in [1.54, 1.807) is 12.1 Å². The molecule has 6 aromatic carbocycles. The number of rotatable bonds is 7. The average molecular weight is 713 g/mol. The van der Waals surface area contributed by atoms with Crippen molar-refractivity contribution in [1.82, 2.24) is 10.6 Å². The van der Waals surface area contributed by atoms with E-state index in [1.807, 2.05) is 123 Å². The van der Waals surface area contributed by atoms with Gasteiger partial charge in [0.25, 0.3) is 11.8 Å². The highest BCUT2D eigenvalue weighted by atomic mass is 16.2. The van der Waals surface area contributed by atoms with E-state index in [2.05, 4.69) is 19.8 Å². The van der Waals surface area contributed by atoms with Gasteiger partial charge in [-0.1, -0.05) is 24.3 Å². The second kappa shape index (κ2) is 13.4. The molecule has 54 heavy (non-hydrogen) atoms. The van der Waals surface area contributed by atoms with Gasteiger partial charge in [0.05, 0.1) is 21.5 Å². The van der Waals surface area contributed by atoms with Crippen LogP contribution in [0, 0.1) is 0 Å². The number of fused-ring (bicyclic) bond motifs is 6. The van der Waals surface area contributed by atoms with Crippen LogP contribution in [0.4, 0.5) is 22.7 Å². The highest BCUT2D eigenvalue weighted by Crippen LogP contribution is 2.35. The fourth-order valence-electron chi connectivity index (χ4n) is 7.57. The molecule has 0 fully saturated rings. The van der Waals surface area contributed by atoms with Crippen LogP contribution in [0.1, 0.15) is 20.7 Å². The lowest BCUT2D eigenvalue weighted by Gasteiger charge is -2.12. The molecule has 0 radical (unpaired) electrons. The molecule has 8 rings (SSSR count). The molecule has 266 valence electrons. The second-order valence-corrected chi connectivity index (χ2v) is 13.7. The van der Waals surface area contributed by atoms with Gasteiger partial charge in [-0.25, -0.2) is 0 Å². The average Bonchev–Trinajstić information content (AvgIpc) is 3.17. The minimum Gasteiger partial charge on any atom is -0.399 e. The maximum Gasteiger partial charge on any atom is 0.251 e. The van der Waals surface area contributed by atoms with Gasteiger partial charge in [0.15, 0.2) is 0 Å². The lowest BCUT2D eigenvalue weighted by Crippen LogP contribution is -2.35. The highest BCUT2D eigenvalue weighted by molar-refractivity contribution is 6.11. The number of nitrogens with two attached hydrogens (primary N) is 4. The number of nitrogens with zero attached hydrogens (tertiary/aromatic N) is 2. The maximum atomic E-state index is 13.4. The maximum absolute atomic E-state index is 13.4. The Bertz CT molecular complexity index is 2650. The summed E-state index contributed by atoms with van der Waals surface area (Å²) in [6.07, 6.45) is 0. The van der Waals surface area contributed by atoms with Crippen molar-refractivity contribution in [2.75, 3.05) is 36.0 Å². The van der Waals surface area contributed by atoms with Crippen molar-refractivity contribution in [2.45, 2.75) is 0 Å². The first-order valence-electron chi connectivity index (χ1n) is 17.7. The Morgan fingerprint density at radius 1 is 0.463 bits per heavy atom. The Balaban J connectivity index is 1.00. The molecule has 0 unspecified atom stereocenters. The Kier molecular flexibility index (Phi) is 8.42. The molecule has 8 aromatic rings. The van der Waals surface area contributed by atoms with Crippen molar-refractivity contribution in [3.63, 3.8) is 0 Å². The number of carbonyl (C=O) groups is 2. The fraction of sp³-hybridized carbons (Fsp3) is 0.0909. The number of aryl methyl sites for hydroxylation is 2. The fourth-order valence-corrected chi connectivity index (χ4v) is 7.57. The Labute approximate surface area is 311 Å². The van der Waals surface area contributed by atoms with Crippen LogP contribution in [-0.2, 0) is 14.1 Å². The number of aromatic nitrogens is 2. The third kappa shape index (κ3) is 5.99. The topological polar surface area (TPSA) is 170 Å². The number of amides is 2. The smallest absolute Gasteiger partial charge is 0.251 e. The monoisotopic (exact) mass is 712 g/mol. The Morgan fingerprint density at radius 2 is 0.833 bits per heavy atom. The number of anilines is 4. The van der Waals surface area contributed by atoms with Gasteiger partial charge < -0.3 is 33.6 Å². The third-order valence-corrected chi connectivity index (χ3v) is 10.1. The summed E-state index contributed by atoms with van der Waals surface area (Å²) in [6.45, 7) is 0.476. The number of hydrogen-bond donors (Lipinski definition) is 6. The molecule has 2 aromatic heterocycles. The SMILES string of the molecule is C[n+]1c(-c2cccc(C(=O)NCCNC(=O)c3cccc(-c4c5cc(N)ccc5c5ccc(N)cc5[n+]4C)c3)c2)c2cc(N)ccc2c2ccc(N)cc21. The molecule has 0 aliphatic carbocycles. The van der Waals surface area contributed by atoms with E-state index in [9.17, 15) is 9.59 Å². The summed E-state index contributed by atoms with van der Waals surface area (Å²) in [5, 5.41) is 12.0. The van der Waals surface area contributed by atoms with Crippen LogP contribution in [-0.4, -0.2) is 24.9 Å². The highest BCUT2D eigenvalue weighted by Gasteiger charge is 2.24. The van der Waals surface area contributed by atoms with E-state index in [1.165, 1.54) is 0 Å².